The highest BCUT2D eigenvalue weighted by atomic mass is 32.2. The lowest BCUT2D eigenvalue weighted by atomic mass is 9.87. The number of benzene rings is 1. The molecule has 0 atom stereocenters. The molecule has 15 heteroatoms. The number of rotatable bonds is 15. The van der Waals surface area contributed by atoms with Crippen molar-refractivity contribution in [1.29, 1.82) is 0 Å². The van der Waals surface area contributed by atoms with Crippen LogP contribution in [-0.4, -0.2) is 76.6 Å². The lowest BCUT2D eigenvalue weighted by molar-refractivity contribution is -0.123. The van der Waals surface area contributed by atoms with Gasteiger partial charge in [0.25, 0.3) is 15.9 Å². The van der Waals surface area contributed by atoms with Gasteiger partial charge in [0.05, 0.1) is 31.3 Å². The number of nitrogens with one attached hydrogen (secondary N) is 3. The maximum Gasteiger partial charge on any atom is 0.356 e. The van der Waals surface area contributed by atoms with E-state index in [2.05, 4.69) is 22.3 Å². The lowest BCUT2D eigenvalue weighted by Crippen LogP contribution is -2.45. The molecule has 1 aromatic rings. The molecule has 44 heavy (non-hydrogen) atoms. The van der Waals surface area contributed by atoms with E-state index in [0.29, 0.717) is 17.9 Å². The standard InChI is InChI=1S/C29H45N4O9PS/c1-5-41-43(37,42-6-2)20-40-18-16-26-22(4)19-33(27(26)34)29(36)30-17-15-23-9-13-25(14-10-23)44(38,39)32-28(35)31-24-11-7-21(3)8-12-24/h9-10,13-14,21,24H,5-8,11-12,15-20H2,1-4H3,(H,30,36)(H2,31,32,35)/t21-,24-. The van der Waals surface area contributed by atoms with Crippen molar-refractivity contribution in [3.8, 4) is 0 Å². The number of ether oxygens (including phenoxy) is 1. The summed E-state index contributed by atoms with van der Waals surface area (Å²) in [6, 6.07) is 4.73. The van der Waals surface area contributed by atoms with Crippen LogP contribution in [0.15, 0.2) is 40.3 Å². The molecule has 0 spiro atoms. The van der Waals surface area contributed by atoms with Crippen LogP contribution >= 0.6 is 7.60 Å². The fourth-order valence-corrected chi connectivity index (χ4v) is 7.41. The first-order valence-corrected chi connectivity index (χ1v) is 18.2. The molecule has 3 rings (SSSR count). The highest BCUT2D eigenvalue weighted by Crippen LogP contribution is 2.47. The van der Waals surface area contributed by atoms with Gasteiger partial charge in [-0.25, -0.2) is 22.7 Å². The Morgan fingerprint density at radius 1 is 1.02 bits per heavy atom. The molecule has 1 fully saturated rings. The number of sulfonamides is 1. The molecular formula is C29H45N4O9PS. The molecule has 1 heterocycles. The summed E-state index contributed by atoms with van der Waals surface area (Å²) in [5.74, 6) is 0.201. The summed E-state index contributed by atoms with van der Waals surface area (Å²) in [7, 11) is -7.39. The molecule has 0 bridgehead atoms. The van der Waals surface area contributed by atoms with Gasteiger partial charge in [-0.1, -0.05) is 19.1 Å². The monoisotopic (exact) mass is 656 g/mol. The minimum Gasteiger partial charge on any atom is -0.368 e. The van der Waals surface area contributed by atoms with Crippen molar-refractivity contribution < 1.29 is 41.2 Å². The Labute approximate surface area is 260 Å². The topological polar surface area (TPSA) is 169 Å². The molecule has 1 aliphatic heterocycles. The zero-order chi connectivity index (χ0) is 32.3. The van der Waals surface area contributed by atoms with Crippen molar-refractivity contribution in [2.24, 2.45) is 5.92 Å². The second kappa shape index (κ2) is 16.5. The first-order valence-electron chi connectivity index (χ1n) is 15.0. The van der Waals surface area contributed by atoms with Crippen LogP contribution in [0.3, 0.4) is 0 Å². The molecular weight excluding hydrogens is 611 g/mol. The Balaban J connectivity index is 1.41. The van der Waals surface area contributed by atoms with Crippen LogP contribution in [0, 0.1) is 5.92 Å². The summed E-state index contributed by atoms with van der Waals surface area (Å²) in [6.07, 6.45) is 4.07. The molecule has 0 saturated heterocycles. The van der Waals surface area contributed by atoms with Crippen LogP contribution < -0.4 is 15.4 Å². The van der Waals surface area contributed by atoms with E-state index in [1.165, 1.54) is 12.1 Å². The van der Waals surface area contributed by atoms with Crippen molar-refractivity contribution in [2.75, 3.05) is 39.3 Å². The Morgan fingerprint density at radius 2 is 1.66 bits per heavy atom. The van der Waals surface area contributed by atoms with E-state index in [1.807, 2.05) is 0 Å². The molecule has 246 valence electrons. The summed E-state index contributed by atoms with van der Waals surface area (Å²) in [5, 5.41) is 5.47. The van der Waals surface area contributed by atoms with Crippen LogP contribution in [0.4, 0.5) is 9.59 Å². The number of nitrogens with zero attached hydrogens (tertiary/aromatic N) is 1. The lowest BCUT2D eigenvalue weighted by Gasteiger charge is -2.26. The number of carbonyl (C=O) groups excluding carboxylic acids is 3. The third-order valence-electron chi connectivity index (χ3n) is 7.56. The average molecular weight is 657 g/mol. The maximum atomic E-state index is 12.9. The van der Waals surface area contributed by atoms with Crippen molar-refractivity contribution in [3.05, 3.63) is 41.0 Å². The number of imide groups is 1. The zero-order valence-electron chi connectivity index (χ0n) is 25.9. The predicted molar refractivity (Wildman–Crippen MR) is 165 cm³/mol. The summed E-state index contributed by atoms with van der Waals surface area (Å²) in [6.45, 7) is 8.29. The highest BCUT2D eigenvalue weighted by molar-refractivity contribution is 7.90. The minimum atomic E-state index is -4.04. The third-order valence-corrected chi connectivity index (χ3v) is 10.7. The van der Waals surface area contributed by atoms with Gasteiger partial charge in [0.15, 0.2) is 0 Å². The van der Waals surface area contributed by atoms with Gasteiger partial charge >= 0.3 is 19.7 Å². The quantitative estimate of drug-likeness (QED) is 0.184. The fraction of sp³-hybridized carbons (Fsp3) is 0.621. The van der Waals surface area contributed by atoms with Gasteiger partial charge in [-0.05, 0) is 82.1 Å². The van der Waals surface area contributed by atoms with Gasteiger partial charge in [0.2, 0.25) is 0 Å². The molecule has 13 nitrogen and oxygen atoms in total. The molecule has 1 saturated carbocycles. The first kappa shape index (κ1) is 35.7. The van der Waals surface area contributed by atoms with Crippen LogP contribution in [0.25, 0.3) is 0 Å². The zero-order valence-corrected chi connectivity index (χ0v) is 27.6. The number of carbonyl (C=O) groups is 3. The van der Waals surface area contributed by atoms with Crippen molar-refractivity contribution >= 4 is 35.6 Å². The minimum absolute atomic E-state index is 0.0337. The van der Waals surface area contributed by atoms with E-state index in [0.717, 1.165) is 41.7 Å². The largest absolute Gasteiger partial charge is 0.368 e. The van der Waals surface area contributed by atoms with E-state index in [-0.39, 0.29) is 56.6 Å². The number of hydrogen-bond donors (Lipinski definition) is 3. The van der Waals surface area contributed by atoms with E-state index >= 15 is 0 Å². The summed E-state index contributed by atoms with van der Waals surface area (Å²) < 4.78 is 55.7. The second-order valence-electron chi connectivity index (χ2n) is 11.0. The van der Waals surface area contributed by atoms with Crippen LogP contribution in [0.2, 0.25) is 0 Å². The van der Waals surface area contributed by atoms with Gasteiger partial charge < -0.3 is 24.4 Å². The van der Waals surface area contributed by atoms with Gasteiger partial charge in [-0.15, -0.1) is 0 Å². The highest BCUT2D eigenvalue weighted by Gasteiger charge is 2.32. The van der Waals surface area contributed by atoms with E-state index in [1.54, 1.807) is 32.9 Å². The van der Waals surface area contributed by atoms with Crippen molar-refractivity contribution in [1.82, 2.24) is 20.3 Å². The first-order chi connectivity index (χ1) is 20.9. The molecule has 3 N–H and O–H groups in total. The molecule has 0 unspecified atom stereocenters. The molecule has 0 radical (unpaired) electrons. The van der Waals surface area contributed by atoms with Crippen LogP contribution in [0.5, 0.6) is 0 Å². The van der Waals surface area contributed by atoms with Crippen LogP contribution in [-0.2, 0) is 39.6 Å². The molecule has 2 aliphatic rings. The molecule has 1 aliphatic carbocycles. The SMILES string of the molecule is CCOP(=O)(COCCC1=C(C)CN(C(=O)NCCc2ccc(S(=O)(=O)NC(=O)N[C@H]3CC[C@H](C)CC3)cc2)C1=O)OCC. The third kappa shape index (κ3) is 10.4. The molecule has 0 aromatic heterocycles. The fourth-order valence-electron chi connectivity index (χ4n) is 5.13. The molecule has 5 amide bonds. The Morgan fingerprint density at radius 3 is 2.27 bits per heavy atom. The number of amides is 5. The normalized spacial score (nSPS) is 19.3. The molecule has 1 aromatic carbocycles. The van der Waals surface area contributed by atoms with Gasteiger partial charge in [0.1, 0.15) is 6.35 Å². The van der Waals surface area contributed by atoms with E-state index in [4.69, 9.17) is 13.8 Å². The predicted octanol–water partition coefficient (Wildman–Crippen LogP) is 4.29. The van der Waals surface area contributed by atoms with Gasteiger partial charge in [-0.3, -0.25) is 14.3 Å². The van der Waals surface area contributed by atoms with E-state index in [9.17, 15) is 27.4 Å². The number of urea groups is 2. The second-order valence-corrected chi connectivity index (χ2v) is 14.7. The Kier molecular flexibility index (Phi) is 13.4. The van der Waals surface area contributed by atoms with E-state index < -0.39 is 35.6 Å². The van der Waals surface area contributed by atoms with Gasteiger partial charge in [0, 0.05) is 24.6 Å². The van der Waals surface area contributed by atoms with Crippen LogP contribution in [0.1, 0.15) is 65.4 Å². The smallest absolute Gasteiger partial charge is 0.356 e. The Hall–Kier alpha value is -2.77. The van der Waals surface area contributed by atoms with Gasteiger partial charge in [-0.2, -0.15) is 0 Å². The number of hydrogen-bond acceptors (Lipinski definition) is 9. The summed E-state index contributed by atoms with van der Waals surface area (Å²) >= 11 is 0. The average Bonchev–Trinajstić information content (AvgIpc) is 3.25. The van der Waals surface area contributed by atoms with Crippen molar-refractivity contribution in [3.63, 3.8) is 0 Å². The summed E-state index contributed by atoms with van der Waals surface area (Å²) in [5.41, 5.74) is 1.98. The summed E-state index contributed by atoms with van der Waals surface area (Å²) in [4.78, 5) is 39.0. The van der Waals surface area contributed by atoms with Crippen molar-refractivity contribution in [2.45, 2.75) is 77.2 Å². The Bertz CT molecular complexity index is 1330. The maximum absolute atomic E-state index is 12.9.